The van der Waals surface area contributed by atoms with Crippen LogP contribution in [0.15, 0.2) is 0 Å². The van der Waals surface area contributed by atoms with Gasteiger partial charge in [0.25, 0.3) is 0 Å². The van der Waals surface area contributed by atoms with Gasteiger partial charge in [0.1, 0.15) is 15.9 Å². The minimum Gasteiger partial charge on any atom is -0.345 e. The zero-order valence-electron chi connectivity index (χ0n) is 12.4. The monoisotopic (exact) mass is 304 g/mol. The fourth-order valence-corrected chi connectivity index (χ4v) is 3.12. The number of hydrogen-bond donors (Lipinski definition) is 1. The number of sulfone groups is 1. The lowest BCUT2D eigenvalue weighted by atomic mass is 10.00. The number of amides is 2. The van der Waals surface area contributed by atoms with Gasteiger partial charge < -0.3 is 10.2 Å². The molecule has 1 aliphatic heterocycles. The highest BCUT2D eigenvalue weighted by molar-refractivity contribution is 7.91. The van der Waals surface area contributed by atoms with Gasteiger partial charge >= 0.3 is 0 Å². The summed E-state index contributed by atoms with van der Waals surface area (Å²) in [5, 5.41) is 2.59. The topological polar surface area (TPSA) is 83.6 Å². The standard InChI is InChI=1S/C13H24N2O4S/c1-4-20(18,19)7-5-6-15-11(8-10(2)3)13(17)14-9-12(15)16/h10-11H,4-9H2,1-3H3,(H,14,17). The van der Waals surface area contributed by atoms with Gasteiger partial charge in [-0.05, 0) is 18.8 Å². The second-order valence-corrected chi connectivity index (χ2v) is 8.01. The minimum atomic E-state index is -3.03. The van der Waals surface area contributed by atoms with Crippen molar-refractivity contribution in [3.8, 4) is 0 Å². The van der Waals surface area contributed by atoms with Crippen molar-refractivity contribution in [3.05, 3.63) is 0 Å². The van der Waals surface area contributed by atoms with E-state index in [1.807, 2.05) is 13.8 Å². The lowest BCUT2D eigenvalue weighted by Crippen LogP contribution is -2.58. The number of carbonyl (C=O) groups is 2. The number of piperazine rings is 1. The molecule has 0 aromatic rings. The van der Waals surface area contributed by atoms with Gasteiger partial charge in [-0.2, -0.15) is 0 Å². The maximum absolute atomic E-state index is 11.9. The molecule has 0 bridgehead atoms. The zero-order valence-corrected chi connectivity index (χ0v) is 13.2. The molecule has 0 saturated carbocycles. The molecule has 1 fully saturated rings. The molecule has 1 atom stereocenters. The lowest BCUT2D eigenvalue weighted by molar-refractivity contribution is -0.146. The van der Waals surface area contributed by atoms with E-state index >= 15 is 0 Å². The summed E-state index contributed by atoms with van der Waals surface area (Å²) in [6, 6.07) is -0.472. The molecule has 1 saturated heterocycles. The van der Waals surface area contributed by atoms with Crippen molar-refractivity contribution in [2.45, 2.75) is 39.7 Å². The highest BCUT2D eigenvalue weighted by Gasteiger charge is 2.34. The van der Waals surface area contributed by atoms with Crippen LogP contribution in [-0.2, 0) is 19.4 Å². The summed E-state index contributed by atoms with van der Waals surface area (Å²) in [4.78, 5) is 25.3. The van der Waals surface area contributed by atoms with Gasteiger partial charge in [-0.1, -0.05) is 20.8 Å². The van der Waals surface area contributed by atoms with Crippen molar-refractivity contribution >= 4 is 21.7 Å². The smallest absolute Gasteiger partial charge is 0.243 e. The number of nitrogens with zero attached hydrogens (tertiary/aromatic N) is 1. The van der Waals surface area contributed by atoms with E-state index in [1.165, 1.54) is 4.90 Å². The Kier molecular flexibility index (Phi) is 5.98. The molecule has 1 heterocycles. The molecule has 0 aromatic carbocycles. The maximum atomic E-state index is 11.9. The number of nitrogens with one attached hydrogen (secondary N) is 1. The SMILES string of the molecule is CCS(=O)(=O)CCCN1C(=O)CNC(=O)C1CC(C)C. The quantitative estimate of drug-likeness (QED) is 0.727. The lowest BCUT2D eigenvalue weighted by Gasteiger charge is -2.35. The Labute approximate surface area is 120 Å². The Hall–Kier alpha value is -1.11. The summed E-state index contributed by atoms with van der Waals surface area (Å²) in [5.74, 6) is 0.180. The summed E-state index contributed by atoms with van der Waals surface area (Å²) in [6.45, 7) is 5.92. The van der Waals surface area contributed by atoms with Crippen LogP contribution in [0.25, 0.3) is 0 Å². The molecule has 0 radical (unpaired) electrons. The second-order valence-electron chi connectivity index (χ2n) is 5.54. The first-order valence-electron chi connectivity index (χ1n) is 7.04. The highest BCUT2D eigenvalue weighted by atomic mass is 32.2. The average Bonchev–Trinajstić information content (AvgIpc) is 2.36. The number of rotatable bonds is 7. The van der Waals surface area contributed by atoms with Crippen LogP contribution < -0.4 is 5.32 Å². The molecule has 116 valence electrons. The molecule has 1 aliphatic rings. The largest absolute Gasteiger partial charge is 0.345 e. The summed E-state index contributed by atoms with van der Waals surface area (Å²) in [6.07, 6.45) is 0.974. The maximum Gasteiger partial charge on any atom is 0.243 e. The molecule has 0 aromatic heterocycles. The van der Waals surface area contributed by atoms with Crippen LogP contribution in [0.3, 0.4) is 0 Å². The molecule has 7 heteroatoms. The number of carbonyl (C=O) groups excluding carboxylic acids is 2. The third kappa shape index (κ3) is 4.77. The molecule has 0 aliphatic carbocycles. The Bertz CT molecular complexity index is 459. The van der Waals surface area contributed by atoms with Crippen molar-refractivity contribution in [2.24, 2.45) is 5.92 Å². The Balaban J connectivity index is 2.66. The Morgan fingerprint density at radius 3 is 2.55 bits per heavy atom. The summed E-state index contributed by atoms with van der Waals surface area (Å²) in [7, 11) is -3.03. The van der Waals surface area contributed by atoms with E-state index in [0.29, 0.717) is 25.3 Å². The summed E-state index contributed by atoms with van der Waals surface area (Å²) < 4.78 is 22.9. The fourth-order valence-electron chi connectivity index (χ4n) is 2.26. The van der Waals surface area contributed by atoms with E-state index in [4.69, 9.17) is 0 Å². The molecule has 1 unspecified atom stereocenters. The molecule has 0 spiro atoms. The van der Waals surface area contributed by atoms with E-state index < -0.39 is 15.9 Å². The van der Waals surface area contributed by atoms with Crippen molar-refractivity contribution < 1.29 is 18.0 Å². The number of hydrogen-bond acceptors (Lipinski definition) is 4. The molecular weight excluding hydrogens is 280 g/mol. The zero-order chi connectivity index (χ0) is 15.3. The van der Waals surface area contributed by atoms with E-state index in [2.05, 4.69) is 5.32 Å². The van der Waals surface area contributed by atoms with Crippen LogP contribution in [0, 0.1) is 5.92 Å². The van der Waals surface area contributed by atoms with Gasteiger partial charge in [-0.25, -0.2) is 8.42 Å². The average molecular weight is 304 g/mol. The normalized spacial score (nSPS) is 20.4. The van der Waals surface area contributed by atoms with E-state index in [0.717, 1.165) is 0 Å². The highest BCUT2D eigenvalue weighted by Crippen LogP contribution is 2.15. The first kappa shape index (κ1) is 16.9. The van der Waals surface area contributed by atoms with Gasteiger partial charge in [0.15, 0.2) is 0 Å². The van der Waals surface area contributed by atoms with Gasteiger partial charge in [-0.15, -0.1) is 0 Å². The molecular formula is C13H24N2O4S. The fraction of sp³-hybridized carbons (Fsp3) is 0.846. The van der Waals surface area contributed by atoms with Crippen molar-refractivity contribution in [3.63, 3.8) is 0 Å². The molecule has 20 heavy (non-hydrogen) atoms. The van der Waals surface area contributed by atoms with E-state index in [9.17, 15) is 18.0 Å². The Morgan fingerprint density at radius 2 is 2.00 bits per heavy atom. The molecule has 6 nitrogen and oxygen atoms in total. The van der Waals surface area contributed by atoms with Crippen LogP contribution in [0.2, 0.25) is 0 Å². The molecule has 2 amide bonds. The summed E-state index contributed by atoms with van der Waals surface area (Å²) in [5.41, 5.74) is 0. The molecule has 1 N–H and O–H groups in total. The van der Waals surface area contributed by atoms with Crippen LogP contribution in [-0.4, -0.2) is 55.8 Å². The third-order valence-electron chi connectivity index (χ3n) is 3.40. The van der Waals surface area contributed by atoms with Crippen molar-refractivity contribution in [1.29, 1.82) is 0 Å². The Morgan fingerprint density at radius 1 is 1.35 bits per heavy atom. The van der Waals surface area contributed by atoms with Crippen molar-refractivity contribution in [1.82, 2.24) is 10.2 Å². The predicted molar refractivity (Wildman–Crippen MR) is 76.9 cm³/mol. The van der Waals surface area contributed by atoms with Crippen LogP contribution in [0.4, 0.5) is 0 Å². The van der Waals surface area contributed by atoms with Crippen LogP contribution in [0.1, 0.15) is 33.6 Å². The van der Waals surface area contributed by atoms with Gasteiger partial charge in [0.2, 0.25) is 11.8 Å². The predicted octanol–water partition coefficient (Wildman–Crippen LogP) is 0.184. The van der Waals surface area contributed by atoms with Crippen LogP contribution >= 0.6 is 0 Å². The van der Waals surface area contributed by atoms with Gasteiger partial charge in [0, 0.05) is 12.3 Å². The van der Waals surface area contributed by atoms with Gasteiger partial charge in [-0.3, -0.25) is 9.59 Å². The molecule has 1 rings (SSSR count). The van der Waals surface area contributed by atoms with E-state index in [1.54, 1.807) is 6.92 Å². The third-order valence-corrected chi connectivity index (χ3v) is 5.19. The second kappa shape index (κ2) is 7.06. The van der Waals surface area contributed by atoms with E-state index in [-0.39, 0.29) is 29.9 Å². The van der Waals surface area contributed by atoms with Gasteiger partial charge in [0.05, 0.1) is 12.3 Å². The first-order valence-corrected chi connectivity index (χ1v) is 8.86. The minimum absolute atomic E-state index is 0.00789. The van der Waals surface area contributed by atoms with Crippen LogP contribution in [0.5, 0.6) is 0 Å². The van der Waals surface area contributed by atoms with Crippen molar-refractivity contribution in [2.75, 3.05) is 24.6 Å². The summed E-state index contributed by atoms with van der Waals surface area (Å²) >= 11 is 0. The first-order chi connectivity index (χ1) is 9.26.